The second kappa shape index (κ2) is 6.30. The lowest BCUT2D eigenvalue weighted by Crippen LogP contribution is -2.35. The van der Waals surface area contributed by atoms with Crippen molar-refractivity contribution in [1.29, 1.82) is 0 Å². The number of hydrogen-bond acceptors (Lipinski definition) is 2. The van der Waals surface area contributed by atoms with E-state index in [9.17, 15) is 13.6 Å². The zero-order chi connectivity index (χ0) is 12.8. The van der Waals surface area contributed by atoms with E-state index < -0.39 is 11.6 Å². The number of benzene rings is 1. The van der Waals surface area contributed by atoms with E-state index in [1.165, 1.54) is 6.07 Å². The largest absolute Gasteiger partial charge is 0.289 e. The molecule has 0 atom stereocenters. The first-order chi connectivity index (χ1) is 7.99. The quantitative estimate of drug-likeness (QED) is 0.800. The van der Waals surface area contributed by atoms with Crippen molar-refractivity contribution in [2.75, 3.05) is 14.1 Å². The summed E-state index contributed by atoms with van der Waals surface area (Å²) in [5.74, 6) is -1.02. The molecule has 0 unspecified atom stereocenters. The van der Waals surface area contributed by atoms with Gasteiger partial charge in [0.25, 0.3) is 0 Å². The Morgan fingerprint density at radius 3 is 2.71 bits per heavy atom. The van der Waals surface area contributed by atoms with Gasteiger partial charge in [-0.2, -0.15) is 0 Å². The summed E-state index contributed by atoms with van der Waals surface area (Å²) < 4.78 is 26.1. The average Bonchev–Trinajstić information content (AvgIpc) is 2.22. The molecular weight excluding hydrogens is 226 g/mol. The Labute approximate surface area is 99.4 Å². The van der Waals surface area contributed by atoms with Gasteiger partial charge in [0, 0.05) is 20.5 Å². The van der Waals surface area contributed by atoms with Gasteiger partial charge in [0.15, 0.2) is 0 Å². The van der Waals surface area contributed by atoms with E-state index in [1.54, 1.807) is 19.1 Å². The number of hydrazine groups is 1. The first kappa shape index (κ1) is 13.6. The van der Waals surface area contributed by atoms with Crippen LogP contribution in [-0.2, 0) is 11.2 Å². The molecule has 1 rings (SSSR count). The van der Waals surface area contributed by atoms with E-state index in [0.29, 0.717) is 18.4 Å². The number of halogens is 2. The van der Waals surface area contributed by atoms with Crippen LogP contribution in [0, 0.1) is 11.6 Å². The van der Waals surface area contributed by atoms with Crippen LogP contribution in [0.25, 0.3) is 0 Å². The van der Waals surface area contributed by atoms with Crippen LogP contribution in [0.15, 0.2) is 18.2 Å². The molecule has 0 aliphatic rings. The molecular formula is C12H16F2N2O. The first-order valence-corrected chi connectivity index (χ1v) is 5.40. The SMILES string of the molecule is CN(C)NC(=O)CCCc1cc(F)ccc1F. The third-order valence-electron chi connectivity index (χ3n) is 2.21. The van der Waals surface area contributed by atoms with Crippen LogP contribution >= 0.6 is 0 Å². The van der Waals surface area contributed by atoms with Gasteiger partial charge < -0.3 is 0 Å². The molecule has 0 aliphatic carbocycles. The van der Waals surface area contributed by atoms with Crippen LogP contribution in [0.5, 0.6) is 0 Å². The summed E-state index contributed by atoms with van der Waals surface area (Å²) in [7, 11) is 3.42. The summed E-state index contributed by atoms with van der Waals surface area (Å²) in [6.07, 6.45) is 1.12. The molecule has 0 bridgehead atoms. The van der Waals surface area contributed by atoms with Crippen molar-refractivity contribution >= 4 is 5.91 Å². The molecule has 0 fully saturated rings. The molecule has 3 nitrogen and oxygen atoms in total. The maximum absolute atomic E-state index is 13.2. The van der Waals surface area contributed by atoms with Gasteiger partial charge in [0.2, 0.25) is 5.91 Å². The van der Waals surface area contributed by atoms with Gasteiger partial charge in [0.05, 0.1) is 0 Å². The van der Waals surface area contributed by atoms with E-state index in [-0.39, 0.29) is 12.3 Å². The molecule has 0 saturated carbocycles. The van der Waals surface area contributed by atoms with Gasteiger partial charge >= 0.3 is 0 Å². The van der Waals surface area contributed by atoms with E-state index in [0.717, 1.165) is 12.1 Å². The molecule has 0 saturated heterocycles. The molecule has 94 valence electrons. The fraction of sp³-hybridized carbons (Fsp3) is 0.417. The highest BCUT2D eigenvalue weighted by Gasteiger charge is 2.06. The van der Waals surface area contributed by atoms with Crippen molar-refractivity contribution < 1.29 is 13.6 Å². The maximum atomic E-state index is 13.2. The van der Waals surface area contributed by atoms with E-state index in [1.807, 2.05) is 0 Å². The predicted molar refractivity (Wildman–Crippen MR) is 61.1 cm³/mol. The van der Waals surface area contributed by atoms with Crippen LogP contribution in [0.3, 0.4) is 0 Å². The zero-order valence-corrected chi connectivity index (χ0v) is 9.96. The van der Waals surface area contributed by atoms with E-state index >= 15 is 0 Å². The molecule has 0 spiro atoms. The molecule has 1 amide bonds. The minimum absolute atomic E-state index is 0.133. The Kier molecular flexibility index (Phi) is 5.03. The Morgan fingerprint density at radius 2 is 2.06 bits per heavy atom. The Hall–Kier alpha value is -1.49. The summed E-state index contributed by atoms with van der Waals surface area (Å²) in [5.41, 5.74) is 2.89. The van der Waals surface area contributed by atoms with Gasteiger partial charge in [-0.05, 0) is 36.6 Å². The molecule has 0 aromatic heterocycles. The Bertz CT molecular complexity index is 394. The van der Waals surface area contributed by atoms with Crippen molar-refractivity contribution in [3.63, 3.8) is 0 Å². The predicted octanol–water partition coefficient (Wildman–Crippen LogP) is 1.88. The van der Waals surface area contributed by atoms with Crippen molar-refractivity contribution in [1.82, 2.24) is 10.4 Å². The summed E-state index contributed by atoms with van der Waals surface area (Å²) in [5, 5.41) is 1.55. The standard InChI is InChI=1S/C12H16F2N2O/c1-16(2)15-12(17)5-3-4-9-8-10(13)6-7-11(9)14/h6-8H,3-5H2,1-2H3,(H,15,17). The van der Waals surface area contributed by atoms with Crippen LogP contribution in [-0.4, -0.2) is 25.0 Å². The number of carbonyl (C=O) groups excluding carboxylic acids is 1. The highest BCUT2D eigenvalue weighted by molar-refractivity contribution is 5.75. The highest BCUT2D eigenvalue weighted by Crippen LogP contribution is 2.12. The zero-order valence-electron chi connectivity index (χ0n) is 9.96. The van der Waals surface area contributed by atoms with Crippen LogP contribution in [0.1, 0.15) is 18.4 Å². The highest BCUT2D eigenvalue weighted by atomic mass is 19.1. The summed E-state index contributed by atoms with van der Waals surface area (Å²) in [4.78, 5) is 11.3. The number of amides is 1. The smallest absolute Gasteiger partial charge is 0.234 e. The normalized spacial score (nSPS) is 10.6. The van der Waals surface area contributed by atoms with Crippen LogP contribution < -0.4 is 5.43 Å². The third kappa shape index (κ3) is 4.91. The molecule has 0 radical (unpaired) electrons. The number of aryl methyl sites for hydroxylation is 1. The molecule has 1 aromatic rings. The topological polar surface area (TPSA) is 32.3 Å². The average molecular weight is 242 g/mol. The van der Waals surface area contributed by atoms with Gasteiger partial charge in [0.1, 0.15) is 11.6 Å². The molecule has 5 heteroatoms. The van der Waals surface area contributed by atoms with Crippen molar-refractivity contribution in [2.45, 2.75) is 19.3 Å². The molecule has 17 heavy (non-hydrogen) atoms. The fourth-order valence-electron chi connectivity index (χ4n) is 1.48. The van der Waals surface area contributed by atoms with Gasteiger partial charge in [-0.1, -0.05) is 0 Å². The maximum Gasteiger partial charge on any atom is 0.234 e. The number of nitrogens with zero attached hydrogens (tertiary/aromatic N) is 1. The van der Waals surface area contributed by atoms with Crippen LogP contribution in [0.4, 0.5) is 8.78 Å². The second-order valence-electron chi connectivity index (χ2n) is 4.02. The minimum atomic E-state index is -0.459. The van der Waals surface area contributed by atoms with E-state index in [4.69, 9.17) is 0 Å². The molecule has 1 N–H and O–H groups in total. The number of rotatable bonds is 5. The van der Waals surface area contributed by atoms with Crippen LogP contribution in [0.2, 0.25) is 0 Å². The monoisotopic (exact) mass is 242 g/mol. The lowest BCUT2D eigenvalue weighted by atomic mass is 10.1. The van der Waals surface area contributed by atoms with Crippen molar-refractivity contribution in [3.8, 4) is 0 Å². The minimum Gasteiger partial charge on any atom is -0.289 e. The molecule has 1 aromatic carbocycles. The fourth-order valence-corrected chi connectivity index (χ4v) is 1.48. The number of nitrogens with one attached hydrogen (secondary N) is 1. The number of carbonyl (C=O) groups is 1. The summed E-state index contributed by atoms with van der Waals surface area (Å²) in [6.45, 7) is 0. The van der Waals surface area contributed by atoms with E-state index in [2.05, 4.69) is 5.43 Å². The lowest BCUT2D eigenvalue weighted by molar-refractivity contribution is -0.124. The van der Waals surface area contributed by atoms with Gasteiger partial charge in [-0.15, -0.1) is 0 Å². The summed E-state index contributed by atoms with van der Waals surface area (Å²) >= 11 is 0. The number of hydrogen-bond donors (Lipinski definition) is 1. The lowest BCUT2D eigenvalue weighted by Gasteiger charge is -2.11. The second-order valence-corrected chi connectivity index (χ2v) is 4.02. The van der Waals surface area contributed by atoms with Gasteiger partial charge in [-0.25, -0.2) is 13.8 Å². The Balaban J connectivity index is 2.40. The Morgan fingerprint density at radius 1 is 1.35 bits per heavy atom. The molecule has 0 heterocycles. The van der Waals surface area contributed by atoms with Crippen molar-refractivity contribution in [3.05, 3.63) is 35.4 Å². The van der Waals surface area contributed by atoms with Crippen molar-refractivity contribution in [2.24, 2.45) is 0 Å². The molecule has 0 aliphatic heterocycles. The summed E-state index contributed by atoms with van der Waals surface area (Å²) in [6, 6.07) is 3.35. The first-order valence-electron chi connectivity index (χ1n) is 5.40. The third-order valence-corrected chi connectivity index (χ3v) is 2.21. The van der Waals surface area contributed by atoms with Gasteiger partial charge in [-0.3, -0.25) is 10.2 Å².